The van der Waals surface area contributed by atoms with Crippen molar-refractivity contribution in [3.63, 3.8) is 0 Å². The number of nitrogens with zero attached hydrogens (tertiary/aromatic N) is 3. The van der Waals surface area contributed by atoms with Crippen molar-refractivity contribution in [3.05, 3.63) is 47.8 Å². The van der Waals surface area contributed by atoms with Gasteiger partial charge in [-0.25, -0.2) is 13.3 Å². The summed E-state index contributed by atoms with van der Waals surface area (Å²) in [6.45, 7) is 1.57. The fraction of sp³-hybridized carbons (Fsp3) is 0.125. The highest BCUT2D eigenvalue weighted by Crippen LogP contribution is 2.35. The van der Waals surface area contributed by atoms with Crippen LogP contribution in [0.25, 0.3) is 27.5 Å². The molecule has 0 atom stereocenters. The highest BCUT2D eigenvalue weighted by Gasteiger charge is 2.19. The summed E-state index contributed by atoms with van der Waals surface area (Å²) in [4.78, 5) is 0. The Hall–Kier alpha value is -2.96. The van der Waals surface area contributed by atoms with Crippen LogP contribution in [0.15, 0.2) is 30.6 Å². The van der Waals surface area contributed by atoms with Crippen LogP contribution in [0.1, 0.15) is 5.56 Å². The van der Waals surface area contributed by atoms with Crippen molar-refractivity contribution < 1.29 is 8.78 Å². The molecule has 0 aliphatic carbocycles. The molecule has 116 valence electrons. The number of benzene rings is 1. The second-order valence-electron chi connectivity index (χ2n) is 5.35. The summed E-state index contributed by atoms with van der Waals surface area (Å²) in [5, 5.41) is 14.2. The number of hydrogen-bond acceptors (Lipinski definition) is 3. The van der Waals surface area contributed by atoms with E-state index in [1.807, 2.05) is 18.2 Å². The molecule has 7 heteroatoms. The SMILES string of the molecule is CNc1cc2cc(-c3c(C)c(F)c(F)c4[nH]ncc34)ccn2n1. The maximum atomic E-state index is 14.2. The van der Waals surface area contributed by atoms with Crippen molar-refractivity contribution in [2.24, 2.45) is 0 Å². The van der Waals surface area contributed by atoms with E-state index in [9.17, 15) is 8.78 Å². The van der Waals surface area contributed by atoms with Gasteiger partial charge in [0.2, 0.25) is 0 Å². The molecule has 1 aromatic carbocycles. The summed E-state index contributed by atoms with van der Waals surface area (Å²) in [5.74, 6) is -1.03. The lowest BCUT2D eigenvalue weighted by molar-refractivity contribution is 0.510. The molecule has 0 fully saturated rings. The van der Waals surface area contributed by atoms with Gasteiger partial charge in [-0.05, 0) is 35.7 Å². The molecule has 4 aromatic rings. The lowest BCUT2D eigenvalue weighted by Gasteiger charge is -2.10. The van der Waals surface area contributed by atoms with E-state index in [4.69, 9.17) is 0 Å². The maximum Gasteiger partial charge on any atom is 0.184 e. The van der Waals surface area contributed by atoms with Gasteiger partial charge in [0.1, 0.15) is 11.3 Å². The first-order valence-electron chi connectivity index (χ1n) is 7.08. The van der Waals surface area contributed by atoms with Crippen molar-refractivity contribution in [1.82, 2.24) is 19.8 Å². The van der Waals surface area contributed by atoms with Crippen molar-refractivity contribution in [3.8, 4) is 11.1 Å². The van der Waals surface area contributed by atoms with Crippen LogP contribution in [0.5, 0.6) is 0 Å². The minimum atomic E-state index is -0.901. The van der Waals surface area contributed by atoms with Gasteiger partial charge in [0, 0.05) is 24.7 Å². The van der Waals surface area contributed by atoms with Crippen LogP contribution in [0.3, 0.4) is 0 Å². The number of aromatic nitrogens is 4. The quantitative estimate of drug-likeness (QED) is 0.595. The summed E-state index contributed by atoms with van der Waals surface area (Å²) in [6.07, 6.45) is 3.30. The average Bonchev–Trinajstić information content (AvgIpc) is 3.18. The van der Waals surface area contributed by atoms with Crippen LogP contribution in [0.4, 0.5) is 14.6 Å². The van der Waals surface area contributed by atoms with E-state index in [0.29, 0.717) is 10.9 Å². The predicted octanol–water partition coefficient (Wildman–Crippen LogP) is 3.51. The molecule has 0 bridgehead atoms. The number of hydrogen-bond donors (Lipinski definition) is 2. The van der Waals surface area contributed by atoms with E-state index in [-0.39, 0.29) is 11.1 Å². The molecule has 0 aliphatic rings. The molecule has 0 unspecified atom stereocenters. The number of rotatable bonds is 2. The normalized spacial score (nSPS) is 11.5. The molecule has 0 aliphatic heterocycles. The summed E-state index contributed by atoms with van der Waals surface area (Å²) in [7, 11) is 1.79. The second kappa shape index (κ2) is 4.77. The van der Waals surface area contributed by atoms with Gasteiger partial charge in [0.05, 0.1) is 11.7 Å². The van der Waals surface area contributed by atoms with Gasteiger partial charge in [-0.1, -0.05) is 0 Å². The molecule has 0 spiro atoms. The summed E-state index contributed by atoms with van der Waals surface area (Å²) < 4.78 is 29.9. The molecule has 23 heavy (non-hydrogen) atoms. The van der Waals surface area contributed by atoms with Crippen molar-refractivity contribution >= 4 is 22.2 Å². The Balaban J connectivity index is 2.03. The van der Waals surface area contributed by atoms with Gasteiger partial charge < -0.3 is 5.32 Å². The molecular weight excluding hydrogens is 300 g/mol. The van der Waals surface area contributed by atoms with Gasteiger partial charge >= 0.3 is 0 Å². The van der Waals surface area contributed by atoms with E-state index < -0.39 is 11.6 Å². The summed E-state index contributed by atoms with van der Waals surface area (Å²) in [6, 6.07) is 5.59. The molecule has 3 aromatic heterocycles. The van der Waals surface area contributed by atoms with Crippen LogP contribution in [0.2, 0.25) is 0 Å². The van der Waals surface area contributed by atoms with Crippen LogP contribution in [0, 0.1) is 18.6 Å². The second-order valence-corrected chi connectivity index (χ2v) is 5.35. The summed E-state index contributed by atoms with van der Waals surface area (Å²) >= 11 is 0. The first-order valence-corrected chi connectivity index (χ1v) is 7.08. The van der Waals surface area contributed by atoms with E-state index in [1.54, 1.807) is 24.7 Å². The largest absolute Gasteiger partial charge is 0.372 e. The Kier molecular flexibility index (Phi) is 2.84. The fourth-order valence-corrected chi connectivity index (χ4v) is 2.87. The number of pyridine rings is 1. The molecule has 0 saturated heterocycles. The van der Waals surface area contributed by atoms with E-state index >= 15 is 0 Å². The number of fused-ring (bicyclic) bond motifs is 2. The average molecular weight is 313 g/mol. The van der Waals surface area contributed by atoms with Crippen LogP contribution < -0.4 is 5.32 Å². The Morgan fingerprint density at radius 2 is 2.04 bits per heavy atom. The molecule has 0 amide bonds. The Bertz CT molecular complexity index is 1050. The highest BCUT2D eigenvalue weighted by atomic mass is 19.2. The van der Waals surface area contributed by atoms with E-state index in [1.165, 1.54) is 6.20 Å². The molecule has 2 N–H and O–H groups in total. The molecular formula is C16H13F2N5. The lowest BCUT2D eigenvalue weighted by atomic mass is 9.96. The first-order chi connectivity index (χ1) is 11.1. The Morgan fingerprint density at radius 3 is 2.83 bits per heavy atom. The topological polar surface area (TPSA) is 58.0 Å². The highest BCUT2D eigenvalue weighted by molar-refractivity contribution is 5.97. The van der Waals surface area contributed by atoms with E-state index in [2.05, 4.69) is 20.6 Å². The fourth-order valence-electron chi connectivity index (χ4n) is 2.87. The smallest absolute Gasteiger partial charge is 0.184 e. The standard InChI is InChI=1S/C16H13F2N5/c1-8-13(11-7-20-21-16(11)15(18)14(8)17)9-3-4-23-10(5-9)6-12(19-2)22-23/h3-7H,1-2H3,(H,19,22)(H,20,21). The third-order valence-electron chi connectivity index (χ3n) is 4.03. The number of halogens is 2. The first kappa shape index (κ1) is 13.7. The van der Waals surface area contributed by atoms with Gasteiger partial charge in [-0.15, -0.1) is 0 Å². The van der Waals surface area contributed by atoms with Gasteiger partial charge in [0.25, 0.3) is 0 Å². The molecule has 3 heterocycles. The third-order valence-corrected chi connectivity index (χ3v) is 4.03. The zero-order valence-corrected chi connectivity index (χ0v) is 12.5. The predicted molar refractivity (Wildman–Crippen MR) is 84.5 cm³/mol. The molecule has 5 nitrogen and oxygen atoms in total. The van der Waals surface area contributed by atoms with Gasteiger partial charge in [0.15, 0.2) is 11.6 Å². The lowest BCUT2D eigenvalue weighted by Crippen LogP contribution is -1.96. The maximum absolute atomic E-state index is 14.2. The van der Waals surface area contributed by atoms with Crippen LogP contribution in [-0.4, -0.2) is 26.9 Å². The third kappa shape index (κ3) is 1.89. The zero-order chi connectivity index (χ0) is 16.1. The number of anilines is 1. The monoisotopic (exact) mass is 313 g/mol. The number of H-pyrrole nitrogens is 1. The van der Waals surface area contributed by atoms with Crippen molar-refractivity contribution in [2.45, 2.75) is 6.92 Å². The van der Waals surface area contributed by atoms with Crippen LogP contribution >= 0.6 is 0 Å². The number of aromatic amines is 1. The summed E-state index contributed by atoms with van der Waals surface area (Å²) in [5.41, 5.74) is 2.60. The zero-order valence-electron chi connectivity index (χ0n) is 12.5. The Labute approximate surface area is 129 Å². The molecule has 4 rings (SSSR count). The minimum absolute atomic E-state index is 0.0763. The van der Waals surface area contributed by atoms with Gasteiger partial charge in [-0.2, -0.15) is 10.2 Å². The van der Waals surface area contributed by atoms with Crippen molar-refractivity contribution in [2.75, 3.05) is 12.4 Å². The molecule has 0 saturated carbocycles. The minimum Gasteiger partial charge on any atom is -0.372 e. The Morgan fingerprint density at radius 1 is 1.22 bits per heavy atom. The van der Waals surface area contributed by atoms with E-state index in [0.717, 1.165) is 16.9 Å². The van der Waals surface area contributed by atoms with Crippen molar-refractivity contribution in [1.29, 1.82) is 0 Å². The van der Waals surface area contributed by atoms with Crippen LogP contribution in [-0.2, 0) is 0 Å². The molecule has 0 radical (unpaired) electrons. The number of nitrogens with one attached hydrogen (secondary N) is 2. The van der Waals surface area contributed by atoms with Gasteiger partial charge in [-0.3, -0.25) is 5.10 Å².